The highest BCUT2D eigenvalue weighted by Gasteiger charge is 2.18. The second kappa shape index (κ2) is 4.83. The Morgan fingerprint density at radius 3 is 2.70 bits per heavy atom. The van der Waals surface area contributed by atoms with Crippen molar-refractivity contribution in [3.8, 4) is 16.5 Å². The number of nitrogens with two attached hydrogens (primary N) is 1. The number of ether oxygens (including phenoxy) is 1. The monoisotopic (exact) mass is 287 g/mol. The van der Waals surface area contributed by atoms with E-state index in [4.69, 9.17) is 15.5 Å². The van der Waals surface area contributed by atoms with Gasteiger partial charge in [-0.3, -0.25) is 0 Å². The van der Waals surface area contributed by atoms with E-state index in [1.54, 1.807) is 18.4 Å². The Bertz CT molecular complexity index is 758. The molecular weight excluding hydrogens is 270 g/mol. The lowest BCUT2D eigenvalue weighted by Crippen LogP contribution is -2.03. The lowest BCUT2D eigenvalue weighted by atomic mass is 10.2. The van der Waals surface area contributed by atoms with E-state index in [0.717, 1.165) is 33.2 Å². The van der Waals surface area contributed by atoms with E-state index >= 15 is 0 Å². The number of fused-ring (bicyclic) bond motifs is 1. The number of anilines is 1. The molecule has 2 heterocycles. The molecule has 0 aliphatic carbocycles. The van der Waals surface area contributed by atoms with Crippen molar-refractivity contribution in [2.75, 3.05) is 12.8 Å². The molecular formula is C15H17N3OS. The molecule has 0 saturated carbocycles. The summed E-state index contributed by atoms with van der Waals surface area (Å²) in [5.74, 6) is 1.74. The number of thiophene rings is 1. The summed E-state index contributed by atoms with van der Waals surface area (Å²) in [6.45, 7) is 4.30. The number of benzene rings is 1. The van der Waals surface area contributed by atoms with Crippen LogP contribution >= 0.6 is 11.3 Å². The molecule has 3 aromatic rings. The van der Waals surface area contributed by atoms with Gasteiger partial charge in [0.1, 0.15) is 5.75 Å². The SMILES string of the molecule is COc1ccc2c(c1)nc(-c1sccc1N)n2C(C)C. The van der Waals surface area contributed by atoms with E-state index in [-0.39, 0.29) is 0 Å². The fourth-order valence-corrected chi connectivity index (χ4v) is 3.19. The van der Waals surface area contributed by atoms with E-state index in [9.17, 15) is 0 Å². The van der Waals surface area contributed by atoms with Gasteiger partial charge in [0.05, 0.1) is 28.7 Å². The first-order valence-corrected chi connectivity index (χ1v) is 7.39. The minimum Gasteiger partial charge on any atom is -0.497 e. The predicted molar refractivity (Wildman–Crippen MR) is 84.4 cm³/mol. The molecule has 0 saturated heterocycles. The number of methoxy groups -OCH3 is 1. The van der Waals surface area contributed by atoms with Crippen molar-refractivity contribution < 1.29 is 4.74 Å². The molecule has 3 rings (SSSR count). The van der Waals surface area contributed by atoms with Gasteiger partial charge in [0.15, 0.2) is 5.82 Å². The molecule has 4 nitrogen and oxygen atoms in total. The van der Waals surface area contributed by atoms with Gasteiger partial charge in [-0.15, -0.1) is 11.3 Å². The molecule has 0 unspecified atom stereocenters. The molecule has 0 spiro atoms. The van der Waals surface area contributed by atoms with Crippen LogP contribution in [0, 0.1) is 0 Å². The molecule has 1 aromatic carbocycles. The van der Waals surface area contributed by atoms with Gasteiger partial charge >= 0.3 is 0 Å². The molecule has 0 fully saturated rings. The highest BCUT2D eigenvalue weighted by atomic mass is 32.1. The zero-order valence-electron chi connectivity index (χ0n) is 11.8. The highest BCUT2D eigenvalue weighted by molar-refractivity contribution is 7.14. The van der Waals surface area contributed by atoms with E-state index in [2.05, 4.69) is 24.5 Å². The number of aromatic nitrogens is 2. The first kappa shape index (κ1) is 13.0. The number of rotatable bonds is 3. The van der Waals surface area contributed by atoms with Gasteiger partial charge in [-0.2, -0.15) is 0 Å². The van der Waals surface area contributed by atoms with Crippen LogP contribution < -0.4 is 10.5 Å². The number of hydrogen-bond donors (Lipinski definition) is 1. The average Bonchev–Trinajstić information content (AvgIpc) is 3.00. The van der Waals surface area contributed by atoms with E-state index in [1.165, 1.54) is 0 Å². The van der Waals surface area contributed by atoms with Crippen LogP contribution in [-0.2, 0) is 0 Å². The van der Waals surface area contributed by atoms with Crippen LogP contribution in [0.4, 0.5) is 5.69 Å². The van der Waals surface area contributed by atoms with Crippen LogP contribution in [0.2, 0.25) is 0 Å². The molecule has 2 aromatic heterocycles. The zero-order chi connectivity index (χ0) is 14.3. The smallest absolute Gasteiger partial charge is 0.153 e. The van der Waals surface area contributed by atoms with Crippen LogP contribution in [0.5, 0.6) is 5.75 Å². The van der Waals surface area contributed by atoms with Gasteiger partial charge in [-0.1, -0.05) is 0 Å². The molecule has 0 bridgehead atoms. The van der Waals surface area contributed by atoms with Crippen LogP contribution in [0.1, 0.15) is 19.9 Å². The third kappa shape index (κ3) is 1.94. The standard InChI is InChI=1S/C15H17N3OS/c1-9(2)18-13-5-4-10(19-3)8-12(13)17-15(18)14-11(16)6-7-20-14/h4-9H,16H2,1-3H3. The van der Waals surface area contributed by atoms with Crippen molar-refractivity contribution in [1.29, 1.82) is 0 Å². The summed E-state index contributed by atoms with van der Waals surface area (Å²) in [7, 11) is 1.67. The fourth-order valence-electron chi connectivity index (χ4n) is 2.39. The van der Waals surface area contributed by atoms with Crippen molar-refractivity contribution in [2.45, 2.75) is 19.9 Å². The fraction of sp³-hybridized carbons (Fsp3) is 0.267. The summed E-state index contributed by atoms with van der Waals surface area (Å²) in [5.41, 5.74) is 8.86. The minimum atomic E-state index is 0.310. The Balaban J connectivity index is 2.31. The summed E-state index contributed by atoms with van der Waals surface area (Å²) in [5, 5.41) is 2.00. The van der Waals surface area contributed by atoms with Crippen LogP contribution in [0.15, 0.2) is 29.6 Å². The Hall–Kier alpha value is -2.01. The summed E-state index contributed by atoms with van der Waals surface area (Å²) < 4.78 is 7.49. The van der Waals surface area contributed by atoms with Crippen molar-refractivity contribution >= 4 is 28.1 Å². The molecule has 20 heavy (non-hydrogen) atoms. The second-order valence-corrected chi connectivity index (χ2v) is 5.87. The van der Waals surface area contributed by atoms with Crippen LogP contribution in [-0.4, -0.2) is 16.7 Å². The molecule has 0 radical (unpaired) electrons. The molecule has 0 aliphatic rings. The Morgan fingerprint density at radius 2 is 2.10 bits per heavy atom. The van der Waals surface area contributed by atoms with Crippen LogP contribution in [0.25, 0.3) is 21.7 Å². The van der Waals surface area contributed by atoms with Gasteiger partial charge in [-0.25, -0.2) is 4.98 Å². The van der Waals surface area contributed by atoms with Crippen molar-refractivity contribution in [1.82, 2.24) is 9.55 Å². The average molecular weight is 287 g/mol. The maximum atomic E-state index is 6.05. The van der Waals surface area contributed by atoms with Gasteiger partial charge < -0.3 is 15.0 Å². The Morgan fingerprint density at radius 1 is 1.30 bits per heavy atom. The molecule has 104 valence electrons. The second-order valence-electron chi connectivity index (χ2n) is 4.96. The third-order valence-electron chi connectivity index (χ3n) is 3.31. The van der Waals surface area contributed by atoms with Crippen LogP contribution in [0.3, 0.4) is 0 Å². The normalized spacial score (nSPS) is 11.4. The van der Waals surface area contributed by atoms with E-state index < -0.39 is 0 Å². The molecule has 2 N–H and O–H groups in total. The summed E-state index contributed by atoms with van der Waals surface area (Å²) >= 11 is 1.62. The first-order valence-electron chi connectivity index (χ1n) is 6.51. The molecule has 0 atom stereocenters. The number of nitrogens with zero attached hydrogens (tertiary/aromatic N) is 2. The predicted octanol–water partition coefficient (Wildman–Crippen LogP) is 3.94. The maximum absolute atomic E-state index is 6.05. The van der Waals surface area contributed by atoms with Gasteiger partial charge in [0.25, 0.3) is 0 Å². The van der Waals surface area contributed by atoms with Crippen molar-refractivity contribution in [3.63, 3.8) is 0 Å². The van der Waals surface area contributed by atoms with E-state index in [1.807, 2.05) is 23.6 Å². The topological polar surface area (TPSA) is 53.1 Å². The highest BCUT2D eigenvalue weighted by Crippen LogP contribution is 2.35. The Kier molecular flexibility index (Phi) is 3.14. The van der Waals surface area contributed by atoms with Gasteiger partial charge in [0, 0.05) is 12.1 Å². The summed E-state index contributed by atoms with van der Waals surface area (Å²) in [4.78, 5) is 5.78. The maximum Gasteiger partial charge on any atom is 0.153 e. The zero-order valence-corrected chi connectivity index (χ0v) is 12.6. The Labute approximate surface area is 121 Å². The third-order valence-corrected chi connectivity index (χ3v) is 4.24. The van der Waals surface area contributed by atoms with Gasteiger partial charge in [0.2, 0.25) is 0 Å². The molecule has 0 amide bonds. The molecule has 5 heteroatoms. The summed E-state index contributed by atoms with van der Waals surface area (Å²) in [6.07, 6.45) is 0. The first-order chi connectivity index (χ1) is 9.61. The number of hydrogen-bond acceptors (Lipinski definition) is 4. The van der Waals surface area contributed by atoms with Crippen molar-refractivity contribution in [2.24, 2.45) is 0 Å². The van der Waals surface area contributed by atoms with Gasteiger partial charge in [-0.05, 0) is 37.4 Å². The summed E-state index contributed by atoms with van der Waals surface area (Å²) in [6, 6.07) is 8.20. The van der Waals surface area contributed by atoms with Crippen molar-refractivity contribution in [3.05, 3.63) is 29.6 Å². The minimum absolute atomic E-state index is 0.310. The van der Waals surface area contributed by atoms with E-state index in [0.29, 0.717) is 6.04 Å². The number of imidazole rings is 1. The number of nitrogen functional groups attached to an aromatic ring is 1. The quantitative estimate of drug-likeness (QED) is 0.794. The molecule has 0 aliphatic heterocycles. The lowest BCUT2D eigenvalue weighted by molar-refractivity contribution is 0.415. The largest absolute Gasteiger partial charge is 0.497 e. The lowest BCUT2D eigenvalue weighted by Gasteiger charge is -2.12.